The average molecular weight is 252 g/mol. The Morgan fingerprint density at radius 2 is 2.06 bits per heavy atom. The van der Waals surface area contributed by atoms with E-state index in [4.69, 9.17) is 4.74 Å². The van der Waals surface area contributed by atoms with Gasteiger partial charge in [0.05, 0.1) is 6.61 Å². The standard InChI is InChI=1S/C14H24N2O2/c1-2-18-14(17)16-10-8-13(9-11-16)15-12-6-4-3-5-7-12/h3-4,12-13,15H,2,5-11H2,1H3. The van der Waals surface area contributed by atoms with E-state index in [9.17, 15) is 4.79 Å². The Morgan fingerprint density at radius 3 is 2.67 bits per heavy atom. The highest BCUT2D eigenvalue weighted by atomic mass is 16.6. The van der Waals surface area contributed by atoms with Crippen molar-refractivity contribution in [1.29, 1.82) is 0 Å². The van der Waals surface area contributed by atoms with Crippen molar-refractivity contribution in [3.63, 3.8) is 0 Å². The van der Waals surface area contributed by atoms with Gasteiger partial charge in [-0.25, -0.2) is 4.79 Å². The third kappa shape index (κ3) is 3.73. The maximum absolute atomic E-state index is 11.6. The fourth-order valence-corrected chi connectivity index (χ4v) is 2.72. The lowest BCUT2D eigenvalue weighted by atomic mass is 9.98. The monoisotopic (exact) mass is 252 g/mol. The Kier molecular flexibility index (Phi) is 5.05. The van der Waals surface area contributed by atoms with Gasteiger partial charge in [0.1, 0.15) is 0 Å². The molecule has 0 saturated carbocycles. The maximum Gasteiger partial charge on any atom is 0.409 e. The third-order valence-corrected chi connectivity index (χ3v) is 3.76. The molecular weight excluding hydrogens is 228 g/mol. The van der Waals surface area contributed by atoms with Gasteiger partial charge in [-0.2, -0.15) is 0 Å². The van der Waals surface area contributed by atoms with Crippen molar-refractivity contribution < 1.29 is 9.53 Å². The summed E-state index contributed by atoms with van der Waals surface area (Å²) in [5.74, 6) is 0. The molecule has 18 heavy (non-hydrogen) atoms. The second-order valence-electron chi connectivity index (χ2n) is 5.11. The van der Waals surface area contributed by atoms with Crippen LogP contribution in [-0.4, -0.2) is 42.8 Å². The molecule has 1 heterocycles. The van der Waals surface area contributed by atoms with Crippen molar-refractivity contribution in [2.45, 2.75) is 51.1 Å². The summed E-state index contributed by atoms with van der Waals surface area (Å²) in [5, 5.41) is 3.72. The first-order valence-corrected chi connectivity index (χ1v) is 7.12. The van der Waals surface area contributed by atoms with E-state index >= 15 is 0 Å². The van der Waals surface area contributed by atoms with Crippen molar-refractivity contribution in [2.75, 3.05) is 19.7 Å². The number of nitrogens with one attached hydrogen (secondary N) is 1. The van der Waals surface area contributed by atoms with Crippen LogP contribution in [0.15, 0.2) is 12.2 Å². The fraction of sp³-hybridized carbons (Fsp3) is 0.786. The van der Waals surface area contributed by atoms with Crippen molar-refractivity contribution in [1.82, 2.24) is 10.2 Å². The number of hydrogen-bond donors (Lipinski definition) is 1. The summed E-state index contributed by atoms with van der Waals surface area (Å²) >= 11 is 0. The quantitative estimate of drug-likeness (QED) is 0.784. The summed E-state index contributed by atoms with van der Waals surface area (Å²) in [6.07, 6.45) is 10.1. The highest BCUT2D eigenvalue weighted by molar-refractivity contribution is 5.67. The van der Waals surface area contributed by atoms with Gasteiger partial charge in [-0.1, -0.05) is 12.2 Å². The van der Waals surface area contributed by atoms with Crippen LogP contribution in [0.5, 0.6) is 0 Å². The number of carbonyl (C=O) groups excluding carboxylic acids is 1. The Balaban J connectivity index is 1.69. The molecule has 2 aliphatic rings. The van der Waals surface area contributed by atoms with Gasteiger partial charge in [0.25, 0.3) is 0 Å². The van der Waals surface area contributed by atoms with E-state index in [0.29, 0.717) is 18.7 Å². The van der Waals surface area contributed by atoms with Gasteiger partial charge >= 0.3 is 6.09 Å². The zero-order valence-electron chi connectivity index (χ0n) is 11.2. The summed E-state index contributed by atoms with van der Waals surface area (Å²) in [4.78, 5) is 13.4. The number of nitrogens with zero attached hydrogens (tertiary/aromatic N) is 1. The van der Waals surface area contributed by atoms with Crippen molar-refractivity contribution in [3.05, 3.63) is 12.2 Å². The normalized spacial score (nSPS) is 25.2. The summed E-state index contributed by atoms with van der Waals surface area (Å²) in [7, 11) is 0. The molecule has 1 aliphatic heterocycles. The second-order valence-corrected chi connectivity index (χ2v) is 5.11. The first kappa shape index (κ1) is 13.4. The highest BCUT2D eigenvalue weighted by Gasteiger charge is 2.24. The minimum absolute atomic E-state index is 0.156. The van der Waals surface area contributed by atoms with Crippen LogP contribution in [0.25, 0.3) is 0 Å². The van der Waals surface area contributed by atoms with Crippen molar-refractivity contribution >= 4 is 6.09 Å². The van der Waals surface area contributed by atoms with Crippen LogP contribution < -0.4 is 5.32 Å². The number of amides is 1. The molecular formula is C14H24N2O2. The lowest BCUT2D eigenvalue weighted by Crippen LogP contribution is -2.48. The van der Waals surface area contributed by atoms with Gasteiger partial charge in [-0.05, 0) is 39.0 Å². The number of piperidine rings is 1. The zero-order chi connectivity index (χ0) is 12.8. The molecule has 0 bridgehead atoms. The molecule has 1 fully saturated rings. The third-order valence-electron chi connectivity index (χ3n) is 3.76. The lowest BCUT2D eigenvalue weighted by molar-refractivity contribution is 0.0940. The minimum atomic E-state index is -0.156. The first-order chi connectivity index (χ1) is 8.79. The van der Waals surface area contributed by atoms with Crippen LogP contribution in [0.3, 0.4) is 0 Å². The Hall–Kier alpha value is -1.03. The second kappa shape index (κ2) is 6.78. The molecule has 4 nitrogen and oxygen atoms in total. The van der Waals surface area contributed by atoms with Crippen LogP contribution in [0.2, 0.25) is 0 Å². The van der Waals surface area contributed by atoms with Crippen LogP contribution in [0.4, 0.5) is 4.79 Å². The predicted molar refractivity (Wildman–Crippen MR) is 71.5 cm³/mol. The SMILES string of the molecule is CCOC(=O)N1CCC(NC2CC=CCC2)CC1. The molecule has 1 saturated heterocycles. The molecule has 0 aromatic rings. The van der Waals surface area contributed by atoms with Crippen LogP contribution in [0, 0.1) is 0 Å². The largest absolute Gasteiger partial charge is 0.450 e. The van der Waals surface area contributed by atoms with Gasteiger partial charge in [0.15, 0.2) is 0 Å². The highest BCUT2D eigenvalue weighted by Crippen LogP contribution is 2.16. The molecule has 4 heteroatoms. The number of hydrogen-bond acceptors (Lipinski definition) is 3. The first-order valence-electron chi connectivity index (χ1n) is 7.12. The minimum Gasteiger partial charge on any atom is -0.450 e. The topological polar surface area (TPSA) is 41.6 Å². The molecule has 0 spiro atoms. The molecule has 102 valence electrons. The Bertz CT molecular complexity index is 296. The van der Waals surface area contributed by atoms with E-state index in [1.807, 2.05) is 11.8 Å². The molecule has 0 radical (unpaired) electrons. The zero-order valence-corrected chi connectivity index (χ0v) is 11.2. The molecule has 2 rings (SSSR count). The Labute approximate surface area is 109 Å². The number of rotatable bonds is 3. The predicted octanol–water partition coefficient (Wildman–Crippen LogP) is 2.31. The van der Waals surface area contributed by atoms with Gasteiger partial charge in [-0.3, -0.25) is 0 Å². The average Bonchev–Trinajstić information content (AvgIpc) is 2.41. The van der Waals surface area contributed by atoms with E-state index in [1.54, 1.807) is 0 Å². The van der Waals surface area contributed by atoms with E-state index < -0.39 is 0 Å². The smallest absolute Gasteiger partial charge is 0.409 e. The molecule has 1 amide bonds. The maximum atomic E-state index is 11.6. The number of carbonyl (C=O) groups is 1. The van der Waals surface area contributed by atoms with E-state index in [0.717, 1.165) is 32.4 Å². The number of likely N-dealkylation sites (tertiary alicyclic amines) is 1. The van der Waals surface area contributed by atoms with Crippen LogP contribution in [0.1, 0.15) is 39.0 Å². The number of ether oxygens (including phenoxy) is 1. The van der Waals surface area contributed by atoms with Crippen LogP contribution in [-0.2, 0) is 4.74 Å². The van der Waals surface area contributed by atoms with Crippen molar-refractivity contribution in [2.24, 2.45) is 0 Å². The lowest BCUT2D eigenvalue weighted by Gasteiger charge is -2.34. The summed E-state index contributed by atoms with van der Waals surface area (Å²) in [6, 6.07) is 1.20. The molecule has 1 aliphatic carbocycles. The van der Waals surface area contributed by atoms with E-state index in [1.165, 1.54) is 12.8 Å². The molecule has 0 aromatic carbocycles. The fourth-order valence-electron chi connectivity index (χ4n) is 2.72. The molecule has 1 unspecified atom stereocenters. The summed E-state index contributed by atoms with van der Waals surface area (Å²) in [5.41, 5.74) is 0. The van der Waals surface area contributed by atoms with Gasteiger partial charge in [-0.15, -0.1) is 0 Å². The number of allylic oxidation sites excluding steroid dienone is 1. The Morgan fingerprint density at radius 1 is 1.28 bits per heavy atom. The molecule has 1 atom stereocenters. The van der Waals surface area contributed by atoms with E-state index in [2.05, 4.69) is 17.5 Å². The van der Waals surface area contributed by atoms with Gasteiger partial charge in [0, 0.05) is 25.2 Å². The van der Waals surface area contributed by atoms with Crippen molar-refractivity contribution in [3.8, 4) is 0 Å². The molecule has 1 N–H and O–H groups in total. The van der Waals surface area contributed by atoms with Gasteiger partial charge in [0.2, 0.25) is 0 Å². The summed E-state index contributed by atoms with van der Waals surface area (Å²) in [6.45, 7) is 3.95. The summed E-state index contributed by atoms with van der Waals surface area (Å²) < 4.78 is 5.02. The van der Waals surface area contributed by atoms with Gasteiger partial charge < -0.3 is 15.0 Å². The molecule has 0 aromatic heterocycles. The van der Waals surface area contributed by atoms with E-state index in [-0.39, 0.29) is 6.09 Å². The van der Waals surface area contributed by atoms with Crippen LogP contribution >= 0.6 is 0 Å².